The number of carbonyl (C=O) groups is 3. The molecule has 4 aliphatic rings. The number of rotatable bonds is 6. The van der Waals surface area contributed by atoms with Crippen molar-refractivity contribution >= 4 is 45.0 Å². The van der Waals surface area contributed by atoms with Crippen LogP contribution in [-0.2, 0) is 36.2 Å². The summed E-state index contributed by atoms with van der Waals surface area (Å²) in [4.78, 5) is 41.5. The Balaban J connectivity index is 1.45. The number of hydrogen-bond acceptors (Lipinski definition) is 8. The van der Waals surface area contributed by atoms with Gasteiger partial charge in [-0.2, -0.15) is 0 Å². The van der Waals surface area contributed by atoms with Gasteiger partial charge >= 0.3 is 5.97 Å². The van der Waals surface area contributed by atoms with Gasteiger partial charge in [0.05, 0.1) is 28.6 Å². The molecule has 0 radical (unpaired) electrons. The van der Waals surface area contributed by atoms with E-state index in [1.807, 2.05) is 31.2 Å². The molecule has 2 aliphatic heterocycles. The molecule has 2 N–H and O–H groups in total. The van der Waals surface area contributed by atoms with Crippen LogP contribution in [0.3, 0.4) is 0 Å². The summed E-state index contributed by atoms with van der Waals surface area (Å²) < 4.78 is 42.3. The summed E-state index contributed by atoms with van der Waals surface area (Å²) in [6.45, 7) is 8.10. The molecule has 1 fully saturated rings. The van der Waals surface area contributed by atoms with Crippen molar-refractivity contribution in [3.8, 4) is 5.75 Å². The van der Waals surface area contributed by atoms with Gasteiger partial charge in [0.1, 0.15) is 11.5 Å². The molecule has 1 spiro atoms. The van der Waals surface area contributed by atoms with Gasteiger partial charge in [-0.1, -0.05) is 36.7 Å². The number of amides is 1. The summed E-state index contributed by atoms with van der Waals surface area (Å²) in [5.41, 5.74) is 0.687. The number of hydrogen-bond donors (Lipinski definition) is 2. The maximum atomic E-state index is 13.7. The van der Waals surface area contributed by atoms with Crippen molar-refractivity contribution in [3.63, 3.8) is 0 Å². The number of carbonyl (C=O) groups excluding carboxylic acids is 2. The normalized spacial score (nSPS) is 30.8. The quantitative estimate of drug-likeness (QED) is 0.308. The topological polar surface area (TPSA) is 139 Å². The van der Waals surface area contributed by atoms with Crippen LogP contribution in [0.1, 0.15) is 94.1 Å². The SMILES string of the molecule is CO[C@@]1(CC(=O)CC(C)(C)C(=O)O)/C=C/C[C@H](C)[C@@H](C)S(=O)(=O)NC(=O)c2ccc3c(c2)N(C[C@@H]2CC[C@H]21)C[C@@]1(CCCc2cc(Cl)ccc21)CO3. The lowest BCUT2D eigenvalue weighted by Crippen LogP contribution is -2.54. The number of nitrogens with zero attached hydrogens (tertiary/aromatic N) is 1. The maximum absolute atomic E-state index is 13.7. The highest BCUT2D eigenvalue weighted by molar-refractivity contribution is 7.90. The molecule has 1 saturated carbocycles. The Morgan fingerprint density at radius 1 is 1.15 bits per heavy atom. The monoisotopic (exact) mass is 754 g/mol. The van der Waals surface area contributed by atoms with E-state index in [0.717, 1.165) is 32.1 Å². The van der Waals surface area contributed by atoms with E-state index in [-0.39, 0.29) is 47.4 Å². The molecule has 6 rings (SSSR count). The molecule has 12 heteroatoms. The molecule has 2 aliphatic carbocycles. The Kier molecular flexibility index (Phi) is 10.6. The lowest BCUT2D eigenvalue weighted by molar-refractivity contribution is -0.150. The predicted molar refractivity (Wildman–Crippen MR) is 201 cm³/mol. The Morgan fingerprint density at radius 3 is 2.62 bits per heavy atom. The first-order valence-electron chi connectivity index (χ1n) is 18.3. The number of carboxylic acid groups (broad SMARTS) is 1. The van der Waals surface area contributed by atoms with E-state index >= 15 is 0 Å². The first kappa shape index (κ1) is 38.3. The average molecular weight is 755 g/mol. The highest BCUT2D eigenvalue weighted by Gasteiger charge is 2.50. The van der Waals surface area contributed by atoms with E-state index in [2.05, 4.69) is 15.7 Å². The number of ether oxygens (including phenoxy) is 2. The van der Waals surface area contributed by atoms with Gasteiger partial charge in [0.15, 0.2) is 0 Å². The molecule has 282 valence electrons. The molecule has 0 saturated heterocycles. The predicted octanol–water partition coefficient (Wildman–Crippen LogP) is 6.73. The number of sulfonamides is 1. The minimum absolute atomic E-state index is 0.00190. The van der Waals surface area contributed by atoms with Gasteiger partial charge in [-0.05, 0) is 119 Å². The van der Waals surface area contributed by atoms with Crippen molar-refractivity contribution in [3.05, 3.63) is 70.3 Å². The third kappa shape index (κ3) is 7.37. The number of aryl methyl sites for hydroxylation is 1. The van der Waals surface area contributed by atoms with Crippen LogP contribution >= 0.6 is 11.6 Å². The number of halogens is 1. The van der Waals surface area contributed by atoms with Gasteiger partial charge in [0, 0.05) is 49.0 Å². The highest BCUT2D eigenvalue weighted by Crippen LogP contribution is 2.50. The number of nitrogens with one attached hydrogen (secondary N) is 1. The van der Waals surface area contributed by atoms with Gasteiger partial charge in [-0.25, -0.2) is 13.1 Å². The van der Waals surface area contributed by atoms with Crippen molar-refractivity contribution in [2.75, 3.05) is 31.7 Å². The lowest BCUT2D eigenvalue weighted by atomic mass is 9.62. The molecule has 2 aromatic carbocycles. The number of carboxylic acids is 1. The third-order valence-corrected chi connectivity index (χ3v) is 14.5. The van der Waals surface area contributed by atoms with E-state index in [0.29, 0.717) is 42.6 Å². The van der Waals surface area contributed by atoms with E-state index < -0.39 is 38.2 Å². The largest absolute Gasteiger partial charge is 0.490 e. The molecule has 6 atom stereocenters. The number of benzene rings is 2. The third-order valence-electron chi connectivity index (χ3n) is 12.3. The van der Waals surface area contributed by atoms with Crippen molar-refractivity contribution < 1.29 is 37.4 Å². The van der Waals surface area contributed by atoms with Gasteiger partial charge < -0.3 is 19.5 Å². The summed E-state index contributed by atoms with van der Waals surface area (Å²) in [6, 6.07) is 11.2. The standard InChI is InChI=1S/C40H51ClN2O8S/c1-25-8-6-17-40(50-5,21-31(44)20-38(3,4)37(46)47)33-13-10-29(33)22-43-23-39(16-7-9-27-18-30(41)12-14-32(27)39)24-51-35-15-11-28(19-34(35)43)36(45)42-52(48,49)26(25)2/h6,11-12,14-15,17-19,25-26,29,33H,7-10,13,16,20-24H2,1-5H3,(H,42,45)(H,46,47)/b17-6+/t25-,26+,29-,33+,39-,40+/m0/s1. The zero-order valence-electron chi connectivity index (χ0n) is 30.7. The minimum atomic E-state index is -4.06. The number of methoxy groups -OCH3 is 1. The molecule has 52 heavy (non-hydrogen) atoms. The molecule has 2 aromatic rings. The zero-order chi connectivity index (χ0) is 37.6. The van der Waals surface area contributed by atoms with E-state index in [1.165, 1.54) is 11.1 Å². The molecule has 1 amide bonds. The zero-order valence-corrected chi connectivity index (χ0v) is 32.3. The highest BCUT2D eigenvalue weighted by atomic mass is 35.5. The van der Waals surface area contributed by atoms with Crippen LogP contribution < -0.4 is 14.4 Å². The Hall–Kier alpha value is -3.41. The van der Waals surface area contributed by atoms with Crippen LogP contribution in [0, 0.1) is 23.2 Å². The Labute approximate surface area is 312 Å². The van der Waals surface area contributed by atoms with Gasteiger partial charge in [0.2, 0.25) is 10.0 Å². The molecule has 0 aromatic heterocycles. The molecule has 2 bridgehead atoms. The number of ketones is 1. The first-order chi connectivity index (χ1) is 24.5. The summed E-state index contributed by atoms with van der Waals surface area (Å²) in [5, 5.41) is 9.57. The van der Waals surface area contributed by atoms with E-state index in [1.54, 1.807) is 46.1 Å². The van der Waals surface area contributed by atoms with Crippen molar-refractivity contribution in [1.82, 2.24) is 4.72 Å². The van der Waals surface area contributed by atoms with Gasteiger partial charge in [-0.3, -0.25) is 14.4 Å². The first-order valence-corrected chi connectivity index (χ1v) is 20.3. The van der Waals surface area contributed by atoms with Crippen LogP contribution in [0.5, 0.6) is 5.75 Å². The smallest absolute Gasteiger partial charge is 0.309 e. The maximum Gasteiger partial charge on any atom is 0.309 e. The van der Waals surface area contributed by atoms with E-state index in [9.17, 15) is 27.9 Å². The second-order valence-electron chi connectivity index (χ2n) is 16.3. The fourth-order valence-corrected chi connectivity index (χ4v) is 10.3. The van der Waals surface area contributed by atoms with Crippen LogP contribution in [0.2, 0.25) is 5.02 Å². The van der Waals surface area contributed by atoms with Crippen molar-refractivity contribution in [1.29, 1.82) is 0 Å². The number of fused-ring (bicyclic) bond motifs is 4. The summed E-state index contributed by atoms with van der Waals surface area (Å²) in [7, 11) is -2.46. The van der Waals surface area contributed by atoms with Crippen LogP contribution in [-0.4, -0.2) is 68.8 Å². The molecular formula is C40H51ClN2O8S. The van der Waals surface area contributed by atoms with Crippen molar-refractivity contribution in [2.24, 2.45) is 23.2 Å². The van der Waals surface area contributed by atoms with Crippen LogP contribution in [0.15, 0.2) is 48.6 Å². The van der Waals surface area contributed by atoms with Crippen LogP contribution in [0.4, 0.5) is 5.69 Å². The second-order valence-corrected chi connectivity index (χ2v) is 18.7. The summed E-state index contributed by atoms with van der Waals surface area (Å²) in [6.07, 6.45) is 8.47. The minimum Gasteiger partial charge on any atom is -0.490 e. The van der Waals surface area contributed by atoms with E-state index in [4.69, 9.17) is 21.1 Å². The molecule has 2 heterocycles. The molecule has 10 nitrogen and oxygen atoms in total. The number of Topliss-reactive ketones (excluding diaryl/α,β-unsaturated/α-hetero) is 1. The number of aliphatic carboxylic acids is 1. The van der Waals surface area contributed by atoms with Gasteiger partial charge in [0.25, 0.3) is 5.91 Å². The number of allylic oxidation sites excluding steroid dienone is 1. The average Bonchev–Trinajstić information content (AvgIpc) is 3.21. The Morgan fingerprint density at radius 2 is 1.92 bits per heavy atom. The van der Waals surface area contributed by atoms with Crippen molar-refractivity contribution in [2.45, 2.75) is 95.3 Å². The molecule has 0 unspecified atom stereocenters. The fourth-order valence-electron chi connectivity index (χ4n) is 8.77. The molecular weight excluding hydrogens is 704 g/mol. The number of anilines is 1. The second kappa shape index (κ2) is 14.4. The fraction of sp³-hybridized carbons (Fsp3) is 0.575. The van der Waals surface area contributed by atoms with Gasteiger partial charge in [-0.15, -0.1) is 0 Å². The Bertz CT molecular complexity index is 1880. The summed E-state index contributed by atoms with van der Waals surface area (Å²) >= 11 is 6.45. The van der Waals surface area contributed by atoms with Crippen LogP contribution in [0.25, 0.3) is 0 Å². The lowest BCUT2D eigenvalue weighted by Gasteiger charge is -2.50. The summed E-state index contributed by atoms with van der Waals surface area (Å²) in [5.74, 6) is -1.70.